The van der Waals surface area contributed by atoms with Crippen molar-refractivity contribution in [2.24, 2.45) is 5.41 Å². The topological polar surface area (TPSA) is 84.2 Å². The lowest BCUT2D eigenvalue weighted by atomic mass is 10.1. The number of carbonyl (C=O) groups is 2. The fourth-order valence-electron chi connectivity index (χ4n) is 2.79. The lowest BCUT2D eigenvalue weighted by Gasteiger charge is -2.15. The van der Waals surface area contributed by atoms with E-state index in [2.05, 4.69) is 28.7 Å². The van der Waals surface area contributed by atoms with Gasteiger partial charge in [0, 0.05) is 6.04 Å². The third kappa shape index (κ3) is 2.24. The number of carboxylic acids is 1. The van der Waals surface area contributed by atoms with Crippen LogP contribution in [0.4, 0.5) is 0 Å². The maximum absolute atomic E-state index is 12.1. The van der Waals surface area contributed by atoms with Crippen molar-refractivity contribution < 1.29 is 14.7 Å². The number of hydrogen-bond acceptors (Lipinski definition) is 3. The van der Waals surface area contributed by atoms with Gasteiger partial charge in [-0.05, 0) is 38.8 Å². The zero-order valence-electron chi connectivity index (χ0n) is 12.7. The number of carboxylic acid groups (broad SMARTS) is 1. The van der Waals surface area contributed by atoms with Gasteiger partial charge in [-0.25, -0.2) is 4.98 Å². The molecular weight excluding hydrogens is 282 g/mol. The summed E-state index contributed by atoms with van der Waals surface area (Å²) in [6.45, 7) is 4.35. The van der Waals surface area contributed by atoms with Crippen LogP contribution in [0.2, 0.25) is 0 Å². The second-order valence-electron chi connectivity index (χ2n) is 6.05. The van der Waals surface area contributed by atoms with Crippen LogP contribution in [0.3, 0.4) is 0 Å². The summed E-state index contributed by atoms with van der Waals surface area (Å²) >= 11 is 0. The Morgan fingerprint density at radius 1 is 1.36 bits per heavy atom. The maximum atomic E-state index is 12.1. The van der Waals surface area contributed by atoms with Gasteiger partial charge in [0.2, 0.25) is 5.91 Å². The molecule has 1 aromatic heterocycles. The zero-order valence-corrected chi connectivity index (χ0v) is 12.7. The van der Waals surface area contributed by atoms with E-state index in [-0.39, 0.29) is 12.6 Å². The highest BCUT2D eigenvalue weighted by Crippen LogP contribution is 2.46. The molecule has 1 amide bonds. The molecule has 1 aliphatic carbocycles. The van der Waals surface area contributed by atoms with Gasteiger partial charge < -0.3 is 15.0 Å². The molecule has 1 heterocycles. The first-order valence-corrected chi connectivity index (χ1v) is 7.43. The highest BCUT2D eigenvalue weighted by Gasteiger charge is 2.57. The van der Waals surface area contributed by atoms with Crippen molar-refractivity contribution in [2.45, 2.75) is 39.3 Å². The van der Waals surface area contributed by atoms with Gasteiger partial charge in [0.1, 0.15) is 11.2 Å². The van der Waals surface area contributed by atoms with Crippen LogP contribution in [0.15, 0.2) is 24.3 Å². The largest absolute Gasteiger partial charge is 0.480 e. The van der Waals surface area contributed by atoms with E-state index in [9.17, 15) is 9.59 Å². The Morgan fingerprint density at radius 2 is 2.05 bits per heavy atom. The van der Waals surface area contributed by atoms with Crippen LogP contribution in [0, 0.1) is 5.41 Å². The number of nitrogens with one attached hydrogen (secondary N) is 1. The van der Waals surface area contributed by atoms with E-state index >= 15 is 0 Å². The van der Waals surface area contributed by atoms with Crippen LogP contribution < -0.4 is 5.32 Å². The first-order chi connectivity index (χ1) is 10.5. The van der Waals surface area contributed by atoms with E-state index in [0.29, 0.717) is 12.8 Å². The molecule has 0 saturated heterocycles. The summed E-state index contributed by atoms with van der Waals surface area (Å²) in [5, 5.41) is 11.9. The number of hydrogen-bond donors (Lipinski definition) is 2. The Labute approximate surface area is 128 Å². The Balaban J connectivity index is 1.84. The number of nitrogens with zero attached hydrogens (tertiary/aromatic N) is 2. The molecule has 0 aliphatic heterocycles. The Hall–Kier alpha value is -2.37. The molecule has 0 atom stereocenters. The zero-order chi connectivity index (χ0) is 15.9. The van der Waals surface area contributed by atoms with Gasteiger partial charge >= 0.3 is 5.97 Å². The molecule has 2 aromatic rings. The second-order valence-corrected chi connectivity index (χ2v) is 6.05. The summed E-state index contributed by atoms with van der Waals surface area (Å²) in [5.74, 6) is -0.713. The Kier molecular flexibility index (Phi) is 3.39. The molecule has 1 fully saturated rings. The number of rotatable bonds is 5. The minimum absolute atomic E-state index is 0.202. The van der Waals surface area contributed by atoms with Gasteiger partial charge in [-0.15, -0.1) is 0 Å². The molecule has 0 unspecified atom stereocenters. The van der Waals surface area contributed by atoms with E-state index in [1.165, 1.54) is 0 Å². The van der Waals surface area contributed by atoms with Gasteiger partial charge in [0.25, 0.3) is 0 Å². The number of amides is 1. The summed E-state index contributed by atoms with van der Waals surface area (Å²) in [7, 11) is 0. The molecule has 0 radical (unpaired) electrons. The predicted molar refractivity (Wildman–Crippen MR) is 81.3 cm³/mol. The summed E-state index contributed by atoms with van der Waals surface area (Å²) in [4.78, 5) is 27.8. The quantitative estimate of drug-likeness (QED) is 0.828. The summed E-state index contributed by atoms with van der Waals surface area (Å²) in [6.07, 6.45) is 0.823. The van der Waals surface area contributed by atoms with E-state index < -0.39 is 17.3 Å². The number of benzene rings is 1. The van der Waals surface area contributed by atoms with Gasteiger partial charge in [-0.2, -0.15) is 0 Å². The highest BCUT2D eigenvalue weighted by atomic mass is 16.4. The monoisotopic (exact) mass is 301 g/mol. The SMILES string of the molecule is CC(C)n1c(CNC(=O)C2(C(=O)O)CC2)nc2ccccc21. The van der Waals surface area contributed by atoms with Crippen molar-refractivity contribution in [1.29, 1.82) is 0 Å². The predicted octanol–water partition coefficient (Wildman–Crippen LogP) is 2.10. The van der Waals surface area contributed by atoms with Crippen LogP contribution >= 0.6 is 0 Å². The van der Waals surface area contributed by atoms with Crippen molar-refractivity contribution >= 4 is 22.9 Å². The maximum Gasteiger partial charge on any atom is 0.319 e. The number of para-hydroxylation sites is 2. The Morgan fingerprint density at radius 3 is 2.64 bits per heavy atom. The number of carbonyl (C=O) groups excluding carboxylic acids is 1. The minimum atomic E-state index is -1.21. The van der Waals surface area contributed by atoms with E-state index in [4.69, 9.17) is 5.11 Å². The fraction of sp³-hybridized carbons (Fsp3) is 0.438. The van der Waals surface area contributed by atoms with E-state index in [0.717, 1.165) is 16.9 Å². The molecular formula is C16H19N3O3. The number of imidazole rings is 1. The van der Waals surface area contributed by atoms with Crippen LogP contribution in [0.5, 0.6) is 0 Å². The van der Waals surface area contributed by atoms with Gasteiger partial charge in [-0.3, -0.25) is 9.59 Å². The van der Waals surface area contributed by atoms with Crippen LogP contribution in [-0.4, -0.2) is 26.5 Å². The summed E-state index contributed by atoms with van der Waals surface area (Å²) in [5.41, 5.74) is 0.676. The summed E-state index contributed by atoms with van der Waals surface area (Å²) < 4.78 is 2.07. The Bertz CT molecular complexity index is 744. The van der Waals surface area contributed by atoms with Crippen molar-refractivity contribution in [3.63, 3.8) is 0 Å². The number of fused-ring (bicyclic) bond motifs is 1. The van der Waals surface area contributed by atoms with Gasteiger partial charge in [-0.1, -0.05) is 12.1 Å². The third-order valence-electron chi connectivity index (χ3n) is 4.19. The molecule has 2 N–H and O–H groups in total. The van der Waals surface area contributed by atoms with Crippen LogP contribution in [-0.2, 0) is 16.1 Å². The summed E-state index contributed by atoms with van der Waals surface area (Å²) in [6, 6.07) is 8.00. The normalized spacial score (nSPS) is 16.0. The molecule has 6 nitrogen and oxygen atoms in total. The lowest BCUT2D eigenvalue weighted by molar-refractivity contribution is -0.149. The molecule has 3 rings (SSSR count). The van der Waals surface area contributed by atoms with Gasteiger partial charge in [0.05, 0.1) is 17.6 Å². The number of aliphatic carboxylic acids is 1. The van der Waals surface area contributed by atoms with E-state index in [1.54, 1.807) is 0 Å². The lowest BCUT2D eigenvalue weighted by Crippen LogP contribution is -2.37. The molecule has 0 bridgehead atoms. The highest BCUT2D eigenvalue weighted by molar-refractivity contribution is 6.04. The standard InChI is InChI=1S/C16H19N3O3/c1-10(2)19-12-6-4-3-5-11(12)18-13(19)9-17-14(20)16(7-8-16)15(21)22/h3-6,10H,7-9H2,1-2H3,(H,17,20)(H,21,22). The molecule has 1 aromatic carbocycles. The molecule has 116 valence electrons. The average Bonchev–Trinajstić information content (AvgIpc) is 3.20. The molecule has 22 heavy (non-hydrogen) atoms. The fourth-order valence-corrected chi connectivity index (χ4v) is 2.79. The molecule has 1 saturated carbocycles. The second kappa shape index (κ2) is 5.12. The first kappa shape index (κ1) is 14.6. The van der Waals surface area contributed by atoms with Crippen molar-refractivity contribution in [2.75, 3.05) is 0 Å². The van der Waals surface area contributed by atoms with Crippen molar-refractivity contribution in [3.8, 4) is 0 Å². The van der Waals surface area contributed by atoms with Crippen molar-refractivity contribution in [1.82, 2.24) is 14.9 Å². The van der Waals surface area contributed by atoms with Crippen LogP contribution in [0.1, 0.15) is 38.6 Å². The first-order valence-electron chi connectivity index (χ1n) is 7.43. The van der Waals surface area contributed by atoms with Crippen molar-refractivity contribution in [3.05, 3.63) is 30.1 Å². The third-order valence-corrected chi connectivity index (χ3v) is 4.19. The molecule has 6 heteroatoms. The van der Waals surface area contributed by atoms with Gasteiger partial charge in [0.15, 0.2) is 0 Å². The molecule has 0 spiro atoms. The minimum Gasteiger partial charge on any atom is -0.480 e. The average molecular weight is 301 g/mol. The number of aromatic nitrogens is 2. The van der Waals surface area contributed by atoms with E-state index in [1.807, 2.05) is 24.3 Å². The van der Waals surface area contributed by atoms with Crippen LogP contribution in [0.25, 0.3) is 11.0 Å². The smallest absolute Gasteiger partial charge is 0.319 e. The molecule has 1 aliphatic rings.